The molecule has 2 N–H and O–H groups in total. The molecule has 1 rings (SSSR count). The minimum Gasteiger partial charge on any atom is -0.450 e. The second-order valence-corrected chi connectivity index (χ2v) is 2.81. The van der Waals surface area contributed by atoms with Crippen LogP contribution in [0.15, 0.2) is 18.3 Å². The Morgan fingerprint density at radius 3 is 2.80 bits per heavy atom. The summed E-state index contributed by atoms with van der Waals surface area (Å²) in [6.07, 6.45) is 1.12. The molecule has 0 aromatic carbocycles. The molecule has 0 radical (unpaired) electrons. The summed E-state index contributed by atoms with van der Waals surface area (Å²) in [6, 6.07) is 3.56. The topological polar surface area (TPSA) is 63.2 Å². The van der Waals surface area contributed by atoms with Gasteiger partial charge in [0.2, 0.25) is 0 Å². The van der Waals surface area contributed by atoms with E-state index in [2.05, 4.69) is 15.6 Å². The predicted octanol–water partition coefficient (Wildman–Crippen LogP) is 2.08. The van der Waals surface area contributed by atoms with Gasteiger partial charge >= 0.3 is 6.09 Å². The SMILES string of the molecule is CCNc1ccc(NC(=O)OCC)cn1. The Morgan fingerprint density at radius 2 is 2.27 bits per heavy atom. The average molecular weight is 209 g/mol. The molecule has 0 fully saturated rings. The number of rotatable bonds is 4. The van der Waals surface area contributed by atoms with E-state index < -0.39 is 6.09 Å². The van der Waals surface area contributed by atoms with E-state index in [-0.39, 0.29) is 0 Å². The fourth-order valence-corrected chi connectivity index (χ4v) is 1.04. The molecule has 0 aliphatic rings. The first-order chi connectivity index (χ1) is 7.26. The first kappa shape index (κ1) is 11.3. The molecule has 0 aliphatic carbocycles. The van der Waals surface area contributed by atoms with Crippen molar-refractivity contribution in [3.8, 4) is 0 Å². The maximum absolute atomic E-state index is 11.0. The summed E-state index contributed by atoms with van der Waals surface area (Å²) in [4.78, 5) is 15.1. The van der Waals surface area contributed by atoms with Crippen molar-refractivity contribution in [1.29, 1.82) is 0 Å². The molecule has 82 valence electrons. The van der Waals surface area contributed by atoms with Crippen molar-refractivity contribution < 1.29 is 9.53 Å². The summed E-state index contributed by atoms with van der Waals surface area (Å²) in [7, 11) is 0. The van der Waals surface area contributed by atoms with E-state index in [0.717, 1.165) is 12.4 Å². The number of carbonyl (C=O) groups excluding carboxylic acids is 1. The molecule has 0 unspecified atom stereocenters. The van der Waals surface area contributed by atoms with E-state index in [0.29, 0.717) is 12.3 Å². The predicted molar refractivity (Wildman–Crippen MR) is 59.0 cm³/mol. The molecule has 1 heterocycles. The fraction of sp³-hybridized carbons (Fsp3) is 0.400. The molecular formula is C10H15N3O2. The third kappa shape index (κ3) is 3.84. The van der Waals surface area contributed by atoms with Gasteiger partial charge in [-0.05, 0) is 26.0 Å². The second-order valence-electron chi connectivity index (χ2n) is 2.81. The fourth-order valence-electron chi connectivity index (χ4n) is 1.04. The molecule has 0 aliphatic heterocycles. The van der Waals surface area contributed by atoms with Gasteiger partial charge in [0.15, 0.2) is 0 Å². The lowest BCUT2D eigenvalue weighted by Crippen LogP contribution is -2.13. The number of hydrogen-bond acceptors (Lipinski definition) is 4. The number of carbonyl (C=O) groups is 1. The molecule has 0 saturated carbocycles. The highest BCUT2D eigenvalue weighted by atomic mass is 16.5. The highest BCUT2D eigenvalue weighted by Crippen LogP contribution is 2.09. The lowest BCUT2D eigenvalue weighted by molar-refractivity contribution is 0.168. The van der Waals surface area contributed by atoms with Crippen molar-refractivity contribution >= 4 is 17.6 Å². The largest absolute Gasteiger partial charge is 0.450 e. The number of hydrogen-bond donors (Lipinski definition) is 2. The Balaban J connectivity index is 2.52. The van der Waals surface area contributed by atoms with Crippen LogP contribution in [0.5, 0.6) is 0 Å². The normalized spacial score (nSPS) is 9.47. The summed E-state index contributed by atoms with van der Waals surface area (Å²) in [5, 5.41) is 5.62. The molecule has 0 atom stereocenters. The summed E-state index contributed by atoms with van der Waals surface area (Å²) in [6.45, 7) is 4.92. The third-order valence-electron chi connectivity index (χ3n) is 1.64. The van der Waals surface area contributed by atoms with Gasteiger partial charge < -0.3 is 10.1 Å². The van der Waals surface area contributed by atoms with Crippen LogP contribution in [0.3, 0.4) is 0 Å². The van der Waals surface area contributed by atoms with Crippen molar-refractivity contribution in [2.45, 2.75) is 13.8 Å². The molecule has 1 amide bonds. The van der Waals surface area contributed by atoms with Crippen LogP contribution in [0.25, 0.3) is 0 Å². The molecular weight excluding hydrogens is 194 g/mol. The zero-order valence-corrected chi connectivity index (χ0v) is 8.91. The van der Waals surface area contributed by atoms with Gasteiger partial charge in [-0.3, -0.25) is 5.32 Å². The molecule has 0 saturated heterocycles. The van der Waals surface area contributed by atoms with Crippen LogP contribution in [0.1, 0.15) is 13.8 Å². The van der Waals surface area contributed by atoms with Gasteiger partial charge in [-0.25, -0.2) is 9.78 Å². The summed E-state index contributed by atoms with van der Waals surface area (Å²) >= 11 is 0. The van der Waals surface area contributed by atoms with Gasteiger partial charge in [0, 0.05) is 6.54 Å². The summed E-state index contributed by atoms with van der Waals surface area (Å²) in [5.41, 5.74) is 0.620. The quantitative estimate of drug-likeness (QED) is 0.796. The number of aromatic nitrogens is 1. The Morgan fingerprint density at radius 1 is 1.47 bits per heavy atom. The van der Waals surface area contributed by atoms with E-state index in [1.165, 1.54) is 0 Å². The maximum Gasteiger partial charge on any atom is 0.411 e. The molecule has 0 bridgehead atoms. The monoisotopic (exact) mass is 209 g/mol. The zero-order chi connectivity index (χ0) is 11.1. The standard InChI is InChI=1S/C10H15N3O2/c1-3-11-9-6-5-8(7-12-9)13-10(14)15-4-2/h5-7H,3-4H2,1-2H3,(H,11,12)(H,13,14). The molecule has 15 heavy (non-hydrogen) atoms. The number of ether oxygens (including phenoxy) is 1. The second kappa shape index (κ2) is 5.85. The van der Waals surface area contributed by atoms with Crippen LogP contribution in [-0.2, 0) is 4.74 Å². The molecule has 5 heteroatoms. The van der Waals surface area contributed by atoms with E-state index in [1.807, 2.05) is 6.92 Å². The highest BCUT2D eigenvalue weighted by Gasteiger charge is 2.01. The number of nitrogens with one attached hydrogen (secondary N) is 2. The minimum atomic E-state index is -0.462. The lowest BCUT2D eigenvalue weighted by atomic mass is 10.4. The van der Waals surface area contributed by atoms with E-state index in [9.17, 15) is 4.79 Å². The van der Waals surface area contributed by atoms with Crippen molar-refractivity contribution in [2.24, 2.45) is 0 Å². The Hall–Kier alpha value is -1.78. The first-order valence-corrected chi connectivity index (χ1v) is 4.90. The van der Waals surface area contributed by atoms with Crippen LogP contribution < -0.4 is 10.6 Å². The van der Waals surface area contributed by atoms with E-state index >= 15 is 0 Å². The van der Waals surface area contributed by atoms with Crippen molar-refractivity contribution in [3.05, 3.63) is 18.3 Å². The number of amides is 1. The average Bonchev–Trinajstić information content (AvgIpc) is 2.22. The lowest BCUT2D eigenvalue weighted by Gasteiger charge is -2.06. The Kier molecular flexibility index (Phi) is 4.40. The van der Waals surface area contributed by atoms with Crippen LogP contribution >= 0.6 is 0 Å². The molecule has 1 aromatic rings. The smallest absolute Gasteiger partial charge is 0.411 e. The highest BCUT2D eigenvalue weighted by molar-refractivity contribution is 5.84. The summed E-state index contributed by atoms with van der Waals surface area (Å²) < 4.78 is 4.73. The van der Waals surface area contributed by atoms with Crippen LogP contribution in [0, 0.1) is 0 Å². The van der Waals surface area contributed by atoms with E-state index in [1.54, 1.807) is 25.3 Å². The van der Waals surface area contributed by atoms with Crippen molar-refractivity contribution in [3.63, 3.8) is 0 Å². The molecule has 5 nitrogen and oxygen atoms in total. The summed E-state index contributed by atoms with van der Waals surface area (Å²) in [5.74, 6) is 0.784. The van der Waals surface area contributed by atoms with Crippen LogP contribution in [0.4, 0.5) is 16.3 Å². The molecule has 1 aromatic heterocycles. The first-order valence-electron chi connectivity index (χ1n) is 4.90. The Labute approximate surface area is 88.9 Å². The van der Waals surface area contributed by atoms with Gasteiger partial charge in [0.1, 0.15) is 5.82 Å². The van der Waals surface area contributed by atoms with Crippen LogP contribution in [0.2, 0.25) is 0 Å². The maximum atomic E-state index is 11.0. The van der Waals surface area contributed by atoms with Crippen LogP contribution in [-0.4, -0.2) is 24.2 Å². The zero-order valence-electron chi connectivity index (χ0n) is 8.91. The van der Waals surface area contributed by atoms with E-state index in [4.69, 9.17) is 4.74 Å². The van der Waals surface area contributed by atoms with Gasteiger partial charge in [-0.15, -0.1) is 0 Å². The van der Waals surface area contributed by atoms with Gasteiger partial charge in [0.05, 0.1) is 18.5 Å². The van der Waals surface area contributed by atoms with Gasteiger partial charge in [-0.1, -0.05) is 0 Å². The van der Waals surface area contributed by atoms with Crippen molar-refractivity contribution in [1.82, 2.24) is 4.98 Å². The van der Waals surface area contributed by atoms with Crippen molar-refractivity contribution in [2.75, 3.05) is 23.8 Å². The van der Waals surface area contributed by atoms with Gasteiger partial charge in [0.25, 0.3) is 0 Å². The van der Waals surface area contributed by atoms with Gasteiger partial charge in [-0.2, -0.15) is 0 Å². The Bertz CT molecular complexity index is 311. The number of pyridine rings is 1. The molecule has 0 spiro atoms. The number of anilines is 2. The third-order valence-corrected chi connectivity index (χ3v) is 1.64. The number of nitrogens with zero attached hydrogens (tertiary/aromatic N) is 1. The minimum absolute atomic E-state index is 0.356.